The molecule has 4 heteroatoms. The van der Waals surface area contributed by atoms with Crippen molar-refractivity contribution in [1.82, 2.24) is 4.57 Å². The molecule has 1 heterocycles. The van der Waals surface area contributed by atoms with Crippen molar-refractivity contribution in [2.75, 3.05) is 6.61 Å². The van der Waals surface area contributed by atoms with Crippen LogP contribution in [0.3, 0.4) is 0 Å². The fourth-order valence-electron chi connectivity index (χ4n) is 2.07. The van der Waals surface area contributed by atoms with E-state index in [1.54, 1.807) is 13.0 Å². The van der Waals surface area contributed by atoms with Crippen molar-refractivity contribution in [2.24, 2.45) is 0 Å². The van der Waals surface area contributed by atoms with Gasteiger partial charge < -0.3 is 14.4 Å². The van der Waals surface area contributed by atoms with E-state index in [0.29, 0.717) is 5.69 Å². The zero-order valence-corrected chi connectivity index (χ0v) is 11.7. The Kier molecular flexibility index (Phi) is 4.58. The Morgan fingerprint density at radius 3 is 2.55 bits per heavy atom. The molecule has 2 atom stereocenters. The summed E-state index contributed by atoms with van der Waals surface area (Å²) in [6, 6.07) is 13.5. The maximum atomic E-state index is 12.0. The molecule has 20 heavy (non-hydrogen) atoms. The minimum absolute atomic E-state index is 0.00370. The number of nitrogens with zero attached hydrogens (tertiary/aromatic N) is 1. The highest BCUT2D eigenvalue weighted by molar-refractivity contribution is 5.87. The van der Waals surface area contributed by atoms with E-state index in [1.165, 1.54) is 0 Å². The van der Waals surface area contributed by atoms with E-state index < -0.39 is 12.1 Å². The van der Waals surface area contributed by atoms with E-state index in [0.717, 1.165) is 5.56 Å². The van der Waals surface area contributed by atoms with Crippen molar-refractivity contribution >= 4 is 5.97 Å². The Hall–Kier alpha value is -2.07. The van der Waals surface area contributed by atoms with Crippen LogP contribution in [-0.2, 0) is 4.74 Å². The van der Waals surface area contributed by atoms with Gasteiger partial charge in [-0.25, -0.2) is 4.79 Å². The third-order valence-corrected chi connectivity index (χ3v) is 3.14. The number of hydrogen-bond donors (Lipinski definition) is 1. The molecule has 0 bridgehead atoms. The molecule has 1 N–H and O–H groups in total. The van der Waals surface area contributed by atoms with Gasteiger partial charge in [-0.1, -0.05) is 30.3 Å². The standard InChI is InChI=1S/C16H19NO3/c1-12(18)11-20-16(19)15-9-6-10-17(15)13(2)14-7-4-3-5-8-14/h3-10,12-13,18H,11H2,1-2H3/t12?,13-/m1/s1. The lowest BCUT2D eigenvalue weighted by molar-refractivity contribution is 0.0284. The lowest BCUT2D eigenvalue weighted by atomic mass is 10.1. The Morgan fingerprint density at radius 2 is 1.90 bits per heavy atom. The van der Waals surface area contributed by atoms with Crippen LogP contribution < -0.4 is 0 Å². The van der Waals surface area contributed by atoms with Crippen LogP contribution in [0.1, 0.15) is 35.9 Å². The number of aliphatic hydroxyl groups excluding tert-OH is 1. The second-order valence-corrected chi connectivity index (χ2v) is 4.83. The van der Waals surface area contributed by atoms with Crippen LogP contribution in [0, 0.1) is 0 Å². The molecule has 4 nitrogen and oxygen atoms in total. The predicted octanol–water partition coefficient (Wildman–Crippen LogP) is 2.64. The van der Waals surface area contributed by atoms with Crippen LogP contribution in [0.2, 0.25) is 0 Å². The highest BCUT2D eigenvalue weighted by Crippen LogP contribution is 2.20. The molecule has 0 aliphatic heterocycles. The van der Waals surface area contributed by atoms with Crippen molar-refractivity contribution in [3.05, 3.63) is 59.9 Å². The van der Waals surface area contributed by atoms with Crippen molar-refractivity contribution in [3.8, 4) is 0 Å². The predicted molar refractivity (Wildman–Crippen MR) is 76.7 cm³/mol. The lowest BCUT2D eigenvalue weighted by Crippen LogP contribution is -2.19. The van der Waals surface area contributed by atoms with Crippen LogP contribution in [0.25, 0.3) is 0 Å². The number of carbonyl (C=O) groups is 1. The number of benzene rings is 1. The number of aromatic nitrogens is 1. The van der Waals surface area contributed by atoms with Gasteiger partial charge in [-0.05, 0) is 31.5 Å². The maximum Gasteiger partial charge on any atom is 0.355 e. The van der Waals surface area contributed by atoms with Gasteiger partial charge in [0.1, 0.15) is 12.3 Å². The molecule has 0 aliphatic rings. The SMILES string of the molecule is CC(O)COC(=O)c1cccn1[C@H](C)c1ccccc1. The van der Waals surface area contributed by atoms with Gasteiger partial charge >= 0.3 is 5.97 Å². The first-order valence-electron chi connectivity index (χ1n) is 6.66. The molecule has 2 rings (SSSR count). The quantitative estimate of drug-likeness (QED) is 0.852. The molecule has 106 valence electrons. The van der Waals surface area contributed by atoms with Crippen LogP contribution in [-0.4, -0.2) is 28.4 Å². The fraction of sp³-hybridized carbons (Fsp3) is 0.312. The van der Waals surface area contributed by atoms with E-state index >= 15 is 0 Å². The summed E-state index contributed by atoms with van der Waals surface area (Å²) in [4.78, 5) is 12.0. The largest absolute Gasteiger partial charge is 0.458 e. The molecular formula is C16H19NO3. The van der Waals surface area contributed by atoms with E-state index in [-0.39, 0.29) is 12.6 Å². The smallest absolute Gasteiger partial charge is 0.355 e. The minimum atomic E-state index is -0.658. The zero-order valence-electron chi connectivity index (χ0n) is 11.7. The molecule has 0 spiro atoms. The van der Waals surface area contributed by atoms with Crippen molar-refractivity contribution in [2.45, 2.75) is 26.0 Å². The van der Waals surface area contributed by atoms with Gasteiger partial charge in [-0.15, -0.1) is 0 Å². The van der Waals surface area contributed by atoms with Gasteiger partial charge in [0.15, 0.2) is 0 Å². The van der Waals surface area contributed by atoms with Gasteiger partial charge in [0, 0.05) is 6.20 Å². The van der Waals surface area contributed by atoms with Gasteiger partial charge in [0.05, 0.1) is 12.1 Å². The van der Waals surface area contributed by atoms with Crippen molar-refractivity contribution in [1.29, 1.82) is 0 Å². The molecule has 0 saturated carbocycles. The molecule has 0 radical (unpaired) electrons. The summed E-state index contributed by atoms with van der Waals surface area (Å²) in [6.07, 6.45) is 1.20. The van der Waals surface area contributed by atoms with Gasteiger partial charge in [-0.2, -0.15) is 0 Å². The summed E-state index contributed by atoms with van der Waals surface area (Å²) in [7, 11) is 0. The number of esters is 1. The molecule has 0 aliphatic carbocycles. The number of hydrogen-bond acceptors (Lipinski definition) is 3. The Bertz CT molecular complexity index is 560. The second kappa shape index (κ2) is 6.39. The second-order valence-electron chi connectivity index (χ2n) is 4.83. The average molecular weight is 273 g/mol. The Balaban J connectivity index is 2.18. The zero-order chi connectivity index (χ0) is 14.5. The number of rotatable bonds is 5. The van der Waals surface area contributed by atoms with Crippen molar-refractivity contribution in [3.63, 3.8) is 0 Å². The molecule has 1 aromatic heterocycles. The minimum Gasteiger partial charge on any atom is -0.458 e. The molecule has 0 amide bonds. The third kappa shape index (κ3) is 3.27. The van der Waals surface area contributed by atoms with E-state index in [2.05, 4.69) is 0 Å². The van der Waals surface area contributed by atoms with Gasteiger partial charge in [0.25, 0.3) is 0 Å². The van der Waals surface area contributed by atoms with Crippen LogP contribution in [0.5, 0.6) is 0 Å². The van der Waals surface area contributed by atoms with Crippen LogP contribution in [0.4, 0.5) is 0 Å². The van der Waals surface area contributed by atoms with Crippen LogP contribution in [0.15, 0.2) is 48.7 Å². The highest BCUT2D eigenvalue weighted by Gasteiger charge is 2.17. The first-order valence-corrected chi connectivity index (χ1v) is 6.66. The highest BCUT2D eigenvalue weighted by atomic mass is 16.5. The molecular weight excluding hydrogens is 254 g/mol. The first kappa shape index (κ1) is 14.3. The lowest BCUT2D eigenvalue weighted by Gasteiger charge is -2.17. The average Bonchev–Trinajstić information content (AvgIpc) is 2.94. The summed E-state index contributed by atoms with van der Waals surface area (Å²) in [5, 5.41) is 9.17. The topological polar surface area (TPSA) is 51.5 Å². The molecule has 1 aromatic carbocycles. The van der Waals surface area contributed by atoms with E-state index in [1.807, 2.05) is 54.1 Å². The number of aliphatic hydroxyl groups is 1. The van der Waals surface area contributed by atoms with Crippen molar-refractivity contribution < 1.29 is 14.6 Å². The monoisotopic (exact) mass is 273 g/mol. The molecule has 2 aromatic rings. The number of ether oxygens (including phenoxy) is 1. The third-order valence-electron chi connectivity index (χ3n) is 3.14. The van der Waals surface area contributed by atoms with E-state index in [9.17, 15) is 9.90 Å². The summed E-state index contributed by atoms with van der Waals surface area (Å²) in [5.74, 6) is -0.418. The Labute approximate surface area is 118 Å². The summed E-state index contributed by atoms with van der Waals surface area (Å²) < 4.78 is 6.94. The number of carbonyl (C=O) groups excluding carboxylic acids is 1. The summed E-state index contributed by atoms with van der Waals surface area (Å²) in [5.41, 5.74) is 1.61. The first-order chi connectivity index (χ1) is 9.59. The van der Waals surface area contributed by atoms with Gasteiger partial charge in [0.2, 0.25) is 0 Å². The van der Waals surface area contributed by atoms with Gasteiger partial charge in [-0.3, -0.25) is 0 Å². The fourth-order valence-corrected chi connectivity index (χ4v) is 2.07. The van der Waals surface area contributed by atoms with E-state index in [4.69, 9.17) is 4.74 Å². The normalized spacial score (nSPS) is 13.8. The maximum absolute atomic E-state index is 12.0. The van der Waals surface area contributed by atoms with Crippen LogP contribution >= 0.6 is 0 Å². The summed E-state index contributed by atoms with van der Waals surface area (Å²) >= 11 is 0. The summed E-state index contributed by atoms with van der Waals surface area (Å²) in [6.45, 7) is 3.61. The molecule has 0 fully saturated rings. The molecule has 0 saturated heterocycles. The molecule has 1 unspecified atom stereocenters. The Morgan fingerprint density at radius 1 is 1.20 bits per heavy atom.